The van der Waals surface area contributed by atoms with E-state index in [4.69, 9.17) is 4.74 Å². The van der Waals surface area contributed by atoms with Crippen molar-refractivity contribution >= 4 is 16.9 Å². The third kappa shape index (κ3) is 5.60. The first-order valence-electron chi connectivity index (χ1n) is 12.0. The van der Waals surface area contributed by atoms with Gasteiger partial charge >= 0.3 is 12.1 Å². The van der Waals surface area contributed by atoms with Gasteiger partial charge in [-0.3, -0.25) is 4.98 Å². The maximum absolute atomic E-state index is 13.8. The fourth-order valence-electron chi connectivity index (χ4n) is 4.56. The van der Waals surface area contributed by atoms with Gasteiger partial charge in [0.1, 0.15) is 23.7 Å². The largest absolute Gasteiger partial charge is 0.488 e. The minimum atomic E-state index is -4.57. The van der Waals surface area contributed by atoms with Gasteiger partial charge in [0.15, 0.2) is 0 Å². The summed E-state index contributed by atoms with van der Waals surface area (Å²) in [6.07, 6.45) is -2.63. The lowest BCUT2D eigenvalue weighted by Crippen LogP contribution is -2.07. The average molecular weight is 532 g/mol. The highest BCUT2D eigenvalue weighted by Crippen LogP contribution is 2.39. The van der Waals surface area contributed by atoms with Crippen LogP contribution in [0.2, 0.25) is 0 Å². The van der Waals surface area contributed by atoms with Gasteiger partial charge in [-0.15, -0.1) is 0 Å². The van der Waals surface area contributed by atoms with Gasteiger partial charge in [-0.05, 0) is 64.6 Å². The molecule has 0 aliphatic rings. The summed E-state index contributed by atoms with van der Waals surface area (Å²) in [5.74, 6) is -2.02. The van der Waals surface area contributed by atoms with Crippen LogP contribution in [0.5, 0.6) is 5.75 Å². The Morgan fingerprint density at radius 1 is 0.872 bits per heavy atom. The molecular formula is C31H21F4NO3. The molecular weight excluding hydrogens is 510 g/mol. The van der Waals surface area contributed by atoms with Gasteiger partial charge in [0.25, 0.3) is 0 Å². The fourth-order valence-corrected chi connectivity index (χ4v) is 4.56. The van der Waals surface area contributed by atoms with Crippen LogP contribution in [0.25, 0.3) is 22.0 Å². The molecule has 0 aliphatic heterocycles. The van der Waals surface area contributed by atoms with E-state index in [-0.39, 0.29) is 23.4 Å². The van der Waals surface area contributed by atoms with Gasteiger partial charge in [0.2, 0.25) is 0 Å². The summed E-state index contributed by atoms with van der Waals surface area (Å²) < 4.78 is 60.7. The van der Waals surface area contributed by atoms with Crippen molar-refractivity contribution in [3.05, 3.63) is 131 Å². The highest BCUT2D eigenvalue weighted by molar-refractivity contribution is 5.98. The Morgan fingerprint density at radius 2 is 1.62 bits per heavy atom. The third-order valence-electron chi connectivity index (χ3n) is 6.30. The molecule has 4 aromatic carbocycles. The highest BCUT2D eigenvalue weighted by Gasteiger charge is 2.33. The number of alkyl halides is 3. The lowest BCUT2D eigenvalue weighted by atomic mass is 9.91. The first kappa shape index (κ1) is 25.9. The number of para-hydroxylation sites is 1. The number of ether oxygens (including phenoxy) is 1. The van der Waals surface area contributed by atoms with Crippen molar-refractivity contribution in [1.82, 2.24) is 4.98 Å². The van der Waals surface area contributed by atoms with Crippen LogP contribution in [0.15, 0.2) is 97.2 Å². The molecule has 0 bridgehead atoms. The van der Waals surface area contributed by atoms with E-state index in [1.807, 2.05) is 30.3 Å². The van der Waals surface area contributed by atoms with Crippen molar-refractivity contribution in [2.45, 2.75) is 19.2 Å². The Labute approximate surface area is 221 Å². The molecule has 1 heterocycles. The van der Waals surface area contributed by atoms with Crippen LogP contribution in [-0.2, 0) is 19.2 Å². The number of benzene rings is 4. The molecule has 0 saturated heterocycles. The highest BCUT2D eigenvalue weighted by atomic mass is 19.4. The quantitative estimate of drug-likeness (QED) is 0.217. The molecule has 4 nitrogen and oxygen atoms in total. The van der Waals surface area contributed by atoms with E-state index >= 15 is 0 Å². The van der Waals surface area contributed by atoms with Crippen LogP contribution in [0.4, 0.5) is 17.6 Å². The van der Waals surface area contributed by atoms with Gasteiger partial charge < -0.3 is 9.84 Å². The summed E-state index contributed by atoms with van der Waals surface area (Å²) in [6.45, 7) is -0.0371. The molecule has 8 heteroatoms. The summed E-state index contributed by atoms with van der Waals surface area (Å²) in [4.78, 5) is 15.7. The first-order chi connectivity index (χ1) is 18.7. The van der Waals surface area contributed by atoms with E-state index < -0.39 is 23.5 Å². The van der Waals surface area contributed by atoms with Gasteiger partial charge in [0.05, 0.1) is 11.1 Å². The number of aromatic nitrogens is 1. The van der Waals surface area contributed by atoms with E-state index in [0.29, 0.717) is 28.5 Å². The summed E-state index contributed by atoms with van der Waals surface area (Å²) in [5, 5.41) is 9.74. The van der Waals surface area contributed by atoms with Crippen LogP contribution in [0.3, 0.4) is 0 Å². The van der Waals surface area contributed by atoms with Crippen molar-refractivity contribution in [2.75, 3.05) is 0 Å². The zero-order valence-electron chi connectivity index (χ0n) is 20.4. The number of nitrogens with zero attached hydrogens (tertiary/aromatic N) is 1. The molecule has 1 N–H and O–H groups in total. The van der Waals surface area contributed by atoms with E-state index in [1.54, 1.807) is 30.3 Å². The average Bonchev–Trinajstić information content (AvgIpc) is 2.92. The fraction of sp³-hybridized carbons (Fsp3) is 0.0968. The molecule has 196 valence electrons. The standard InChI is InChI=1S/C31H21F4NO3/c32-23-12-13-27(25(16-23)30(37)38)39-18-20-8-4-9-21(15-20)28-22(14-19-6-2-1-3-7-19)17-36-29-24(28)10-5-11-26(29)31(33,34)35/h1-13,15-17H,14,18H2,(H,37,38). The molecule has 39 heavy (non-hydrogen) atoms. The summed E-state index contributed by atoms with van der Waals surface area (Å²) in [7, 11) is 0. The smallest absolute Gasteiger partial charge is 0.418 e. The van der Waals surface area contributed by atoms with Crippen molar-refractivity contribution < 1.29 is 32.2 Å². The minimum absolute atomic E-state index is 0.00301. The van der Waals surface area contributed by atoms with Crippen LogP contribution in [0, 0.1) is 5.82 Å². The lowest BCUT2D eigenvalue weighted by Gasteiger charge is -2.17. The zero-order valence-corrected chi connectivity index (χ0v) is 20.4. The van der Waals surface area contributed by atoms with Crippen molar-refractivity contribution in [3.63, 3.8) is 0 Å². The van der Waals surface area contributed by atoms with E-state index in [9.17, 15) is 27.5 Å². The summed E-state index contributed by atoms with van der Waals surface area (Å²) in [5.41, 5.74) is 2.38. The number of carboxylic acids is 1. The second-order valence-electron chi connectivity index (χ2n) is 8.95. The van der Waals surface area contributed by atoms with E-state index in [1.165, 1.54) is 18.3 Å². The Bertz CT molecular complexity index is 1670. The van der Waals surface area contributed by atoms with E-state index in [0.717, 1.165) is 29.3 Å². The third-order valence-corrected chi connectivity index (χ3v) is 6.30. The van der Waals surface area contributed by atoms with Gasteiger partial charge in [-0.2, -0.15) is 13.2 Å². The summed E-state index contributed by atoms with van der Waals surface area (Å²) in [6, 6.07) is 23.9. The molecule has 0 aliphatic carbocycles. The number of rotatable bonds is 7. The number of fused-ring (bicyclic) bond motifs is 1. The topological polar surface area (TPSA) is 59.4 Å². The predicted octanol–water partition coefficient (Wildman–Crippen LogP) is 7.93. The second-order valence-corrected chi connectivity index (χ2v) is 8.95. The molecule has 0 fully saturated rings. The number of aromatic carboxylic acids is 1. The Kier molecular flexibility index (Phi) is 7.02. The van der Waals surface area contributed by atoms with Crippen molar-refractivity contribution in [3.8, 4) is 16.9 Å². The molecule has 0 radical (unpaired) electrons. The Balaban J connectivity index is 1.59. The van der Waals surface area contributed by atoms with Gasteiger partial charge in [0, 0.05) is 11.6 Å². The first-order valence-corrected chi connectivity index (χ1v) is 12.0. The number of halogens is 4. The van der Waals surface area contributed by atoms with Crippen LogP contribution >= 0.6 is 0 Å². The van der Waals surface area contributed by atoms with E-state index in [2.05, 4.69) is 4.98 Å². The number of hydrogen-bond donors (Lipinski definition) is 1. The SMILES string of the molecule is O=C(O)c1cc(F)ccc1OCc1cccc(-c2c(Cc3ccccc3)cnc3c(C(F)(F)F)cccc23)c1. The number of hydrogen-bond acceptors (Lipinski definition) is 3. The van der Waals surface area contributed by atoms with Crippen LogP contribution in [0.1, 0.15) is 32.6 Å². The Morgan fingerprint density at radius 3 is 2.36 bits per heavy atom. The molecule has 0 saturated carbocycles. The molecule has 1 aromatic heterocycles. The van der Waals surface area contributed by atoms with Crippen molar-refractivity contribution in [1.29, 1.82) is 0 Å². The second kappa shape index (κ2) is 10.6. The normalized spacial score (nSPS) is 11.5. The molecule has 0 unspecified atom stereocenters. The van der Waals surface area contributed by atoms with Crippen LogP contribution in [-0.4, -0.2) is 16.1 Å². The van der Waals surface area contributed by atoms with Gasteiger partial charge in [-0.1, -0.05) is 60.7 Å². The maximum atomic E-state index is 13.8. The number of carbonyl (C=O) groups is 1. The number of carboxylic acid groups (broad SMARTS) is 1. The maximum Gasteiger partial charge on any atom is 0.418 e. The zero-order chi connectivity index (χ0) is 27.6. The Hall–Kier alpha value is -4.72. The lowest BCUT2D eigenvalue weighted by molar-refractivity contribution is -0.136. The predicted molar refractivity (Wildman–Crippen MR) is 139 cm³/mol. The molecule has 0 spiro atoms. The monoisotopic (exact) mass is 531 g/mol. The van der Waals surface area contributed by atoms with Crippen molar-refractivity contribution in [2.24, 2.45) is 0 Å². The molecule has 0 atom stereocenters. The summed E-state index contributed by atoms with van der Waals surface area (Å²) >= 11 is 0. The van der Waals surface area contributed by atoms with Crippen LogP contribution < -0.4 is 4.74 Å². The van der Waals surface area contributed by atoms with Gasteiger partial charge in [-0.25, -0.2) is 9.18 Å². The molecule has 0 amide bonds. The number of pyridine rings is 1. The molecule has 5 rings (SSSR count). The minimum Gasteiger partial charge on any atom is -0.488 e. The molecule has 5 aromatic rings.